The number of rotatable bonds is 3. The van der Waals surface area contributed by atoms with Crippen LogP contribution < -0.4 is 5.32 Å². The third kappa shape index (κ3) is 2.20. The lowest BCUT2D eigenvalue weighted by Gasteiger charge is -2.13. The monoisotopic (exact) mass is 215 g/mol. The Hall–Kier alpha value is -1.88. The van der Waals surface area contributed by atoms with Gasteiger partial charge in [-0.15, -0.1) is 0 Å². The molecule has 0 radical (unpaired) electrons. The molecule has 1 unspecified atom stereocenters. The van der Waals surface area contributed by atoms with Crippen LogP contribution in [0.15, 0.2) is 31.0 Å². The molecule has 0 aliphatic heterocycles. The van der Waals surface area contributed by atoms with Crippen molar-refractivity contribution >= 4 is 0 Å². The first-order valence-corrected chi connectivity index (χ1v) is 5.03. The van der Waals surface area contributed by atoms with Gasteiger partial charge in [0.05, 0.1) is 35.5 Å². The molecule has 1 N–H and O–H groups in total. The number of nitrogens with zero attached hydrogens (tertiary/aromatic N) is 4. The summed E-state index contributed by atoms with van der Waals surface area (Å²) in [5, 5.41) is 3.15. The van der Waals surface area contributed by atoms with Gasteiger partial charge in [0.1, 0.15) is 0 Å². The number of hydrogen-bond acceptors (Lipinski definition) is 5. The molecule has 16 heavy (non-hydrogen) atoms. The molecule has 2 rings (SSSR count). The van der Waals surface area contributed by atoms with Crippen LogP contribution in [-0.2, 0) is 0 Å². The molecule has 0 spiro atoms. The van der Waals surface area contributed by atoms with Crippen LogP contribution in [0.1, 0.15) is 23.1 Å². The SMILES string of the molecule is CNC(c1cnccn1)c1cnc(C)cn1. The predicted octanol–water partition coefficient (Wildman–Crippen LogP) is 0.884. The summed E-state index contributed by atoms with van der Waals surface area (Å²) in [5.74, 6) is 0. The van der Waals surface area contributed by atoms with Crippen molar-refractivity contribution in [2.45, 2.75) is 13.0 Å². The summed E-state index contributed by atoms with van der Waals surface area (Å²) < 4.78 is 0. The van der Waals surface area contributed by atoms with Crippen LogP contribution in [0.3, 0.4) is 0 Å². The van der Waals surface area contributed by atoms with E-state index in [1.165, 1.54) is 0 Å². The molecule has 5 heteroatoms. The Morgan fingerprint density at radius 1 is 1.00 bits per heavy atom. The molecule has 0 saturated carbocycles. The van der Waals surface area contributed by atoms with Crippen molar-refractivity contribution in [3.05, 3.63) is 48.1 Å². The Kier molecular flexibility index (Phi) is 3.16. The third-order valence-corrected chi connectivity index (χ3v) is 2.26. The first-order valence-electron chi connectivity index (χ1n) is 5.03. The lowest BCUT2D eigenvalue weighted by Crippen LogP contribution is -2.20. The van der Waals surface area contributed by atoms with Crippen LogP contribution >= 0.6 is 0 Å². The van der Waals surface area contributed by atoms with Gasteiger partial charge in [0, 0.05) is 18.6 Å². The smallest absolute Gasteiger partial charge is 0.0954 e. The Balaban J connectivity index is 2.33. The quantitative estimate of drug-likeness (QED) is 0.823. The average molecular weight is 215 g/mol. The van der Waals surface area contributed by atoms with Gasteiger partial charge in [0.15, 0.2) is 0 Å². The highest BCUT2D eigenvalue weighted by atomic mass is 15.0. The first kappa shape index (κ1) is 10.6. The van der Waals surface area contributed by atoms with Crippen molar-refractivity contribution in [1.29, 1.82) is 0 Å². The van der Waals surface area contributed by atoms with Gasteiger partial charge >= 0.3 is 0 Å². The molecular weight excluding hydrogens is 202 g/mol. The summed E-state index contributed by atoms with van der Waals surface area (Å²) in [7, 11) is 1.86. The van der Waals surface area contributed by atoms with Crippen molar-refractivity contribution in [2.75, 3.05) is 7.05 Å². The molecule has 1 atom stereocenters. The van der Waals surface area contributed by atoms with Crippen LogP contribution in [0, 0.1) is 6.92 Å². The van der Waals surface area contributed by atoms with Crippen LogP contribution in [0.2, 0.25) is 0 Å². The first-order chi connectivity index (χ1) is 7.81. The average Bonchev–Trinajstić information content (AvgIpc) is 2.34. The van der Waals surface area contributed by atoms with E-state index in [2.05, 4.69) is 25.3 Å². The van der Waals surface area contributed by atoms with Crippen molar-refractivity contribution < 1.29 is 0 Å². The topological polar surface area (TPSA) is 63.6 Å². The number of aromatic nitrogens is 4. The van der Waals surface area contributed by atoms with E-state index in [0.717, 1.165) is 17.1 Å². The Bertz CT molecular complexity index is 440. The van der Waals surface area contributed by atoms with E-state index in [1.807, 2.05) is 14.0 Å². The number of hydrogen-bond donors (Lipinski definition) is 1. The van der Waals surface area contributed by atoms with Crippen LogP contribution in [0.25, 0.3) is 0 Å². The maximum atomic E-state index is 4.33. The minimum atomic E-state index is -0.0678. The van der Waals surface area contributed by atoms with Crippen molar-refractivity contribution in [3.63, 3.8) is 0 Å². The molecule has 0 fully saturated rings. The molecule has 0 bridgehead atoms. The van der Waals surface area contributed by atoms with E-state index < -0.39 is 0 Å². The minimum absolute atomic E-state index is 0.0678. The number of nitrogens with one attached hydrogen (secondary N) is 1. The second kappa shape index (κ2) is 4.76. The van der Waals surface area contributed by atoms with Gasteiger partial charge in [-0.25, -0.2) is 0 Å². The highest BCUT2D eigenvalue weighted by Gasteiger charge is 2.14. The summed E-state index contributed by atoms with van der Waals surface area (Å²) in [5.41, 5.74) is 2.58. The van der Waals surface area contributed by atoms with Gasteiger partial charge in [0.2, 0.25) is 0 Å². The van der Waals surface area contributed by atoms with Gasteiger partial charge in [0.25, 0.3) is 0 Å². The van der Waals surface area contributed by atoms with Gasteiger partial charge < -0.3 is 5.32 Å². The molecule has 0 aromatic carbocycles. The summed E-state index contributed by atoms with van der Waals surface area (Å²) in [6, 6.07) is -0.0678. The highest BCUT2D eigenvalue weighted by molar-refractivity contribution is 5.17. The summed E-state index contributed by atoms with van der Waals surface area (Å²) in [6.45, 7) is 1.91. The minimum Gasteiger partial charge on any atom is -0.307 e. The van der Waals surface area contributed by atoms with Gasteiger partial charge in [-0.1, -0.05) is 0 Å². The molecular formula is C11H13N5. The Morgan fingerprint density at radius 2 is 1.81 bits per heavy atom. The van der Waals surface area contributed by atoms with E-state index >= 15 is 0 Å². The maximum absolute atomic E-state index is 4.33. The van der Waals surface area contributed by atoms with E-state index in [9.17, 15) is 0 Å². The van der Waals surface area contributed by atoms with Gasteiger partial charge in [-0.2, -0.15) is 0 Å². The number of aryl methyl sites for hydroxylation is 1. The normalized spacial score (nSPS) is 12.4. The zero-order valence-corrected chi connectivity index (χ0v) is 9.25. The molecule has 2 heterocycles. The fraction of sp³-hybridized carbons (Fsp3) is 0.273. The summed E-state index contributed by atoms with van der Waals surface area (Å²) in [6.07, 6.45) is 8.54. The fourth-order valence-corrected chi connectivity index (χ4v) is 1.46. The van der Waals surface area contributed by atoms with Crippen molar-refractivity contribution in [3.8, 4) is 0 Å². The predicted molar refractivity (Wildman–Crippen MR) is 59.7 cm³/mol. The zero-order chi connectivity index (χ0) is 11.4. The van der Waals surface area contributed by atoms with E-state index in [1.54, 1.807) is 31.0 Å². The molecule has 5 nitrogen and oxygen atoms in total. The molecule has 0 aliphatic carbocycles. The molecule has 2 aromatic heterocycles. The van der Waals surface area contributed by atoms with Crippen LogP contribution in [-0.4, -0.2) is 27.0 Å². The van der Waals surface area contributed by atoms with E-state index in [4.69, 9.17) is 0 Å². The highest BCUT2D eigenvalue weighted by Crippen LogP contribution is 2.15. The van der Waals surface area contributed by atoms with Crippen molar-refractivity contribution in [2.24, 2.45) is 0 Å². The largest absolute Gasteiger partial charge is 0.307 e. The zero-order valence-electron chi connectivity index (χ0n) is 9.25. The van der Waals surface area contributed by atoms with E-state index in [0.29, 0.717) is 0 Å². The molecule has 82 valence electrons. The lowest BCUT2D eigenvalue weighted by molar-refractivity contribution is 0.643. The standard InChI is InChI=1S/C11H13N5/c1-8-5-16-10(7-15-8)11(12-2)9-6-13-3-4-14-9/h3-7,11-12H,1-2H3. The molecule has 0 aliphatic rings. The fourth-order valence-electron chi connectivity index (χ4n) is 1.46. The second-order valence-corrected chi connectivity index (χ2v) is 3.43. The van der Waals surface area contributed by atoms with Crippen LogP contribution in [0.4, 0.5) is 0 Å². The van der Waals surface area contributed by atoms with Gasteiger partial charge in [-0.3, -0.25) is 19.9 Å². The van der Waals surface area contributed by atoms with Crippen molar-refractivity contribution in [1.82, 2.24) is 25.3 Å². The molecule has 2 aromatic rings. The lowest BCUT2D eigenvalue weighted by atomic mass is 10.1. The molecule has 0 saturated heterocycles. The summed E-state index contributed by atoms with van der Waals surface area (Å²) in [4.78, 5) is 16.9. The van der Waals surface area contributed by atoms with Crippen LogP contribution in [0.5, 0.6) is 0 Å². The third-order valence-electron chi connectivity index (χ3n) is 2.26. The van der Waals surface area contributed by atoms with Gasteiger partial charge in [-0.05, 0) is 14.0 Å². The van der Waals surface area contributed by atoms with E-state index in [-0.39, 0.29) is 6.04 Å². The Morgan fingerprint density at radius 3 is 2.38 bits per heavy atom. The molecule has 0 amide bonds. The maximum Gasteiger partial charge on any atom is 0.0954 e. The summed E-state index contributed by atoms with van der Waals surface area (Å²) >= 11 is 0. The second-order valence-electron chi connectivity index (χ2n) is 3.43. The Labute approximate surface area is 94.0 Å².